The van der Waals surface area contributed by atoms with Crippen molar-refractivity contribution in [3.63, 3.8) is 0 Å². The quantitative estimate of drug-likeness (QED) is 0.845. The zero-order valence-corrected chi connectivity index (χ0v) is 14.0. The van der Waals surface area contributed by atoms with Crippen LogP contribution in [-0.2, 0) is 4.79 Å². The van der Waals surface area contributed by atoms with Gasteiger partial charge < -0.3 is 10.1 Å². The number of methoxy groups -OCH3 is 1. The molecule has 2 aromatic rings. The third-order valence-corrected chi connectivity index (χ3v) is 4.73. The Kier molecular flexibility index (Phi) is 5.98. The highest BCUT2D eigenvalue weighted by Gasteiger charge is 2.14. The first-order chi connectivity index (χ1) is 10.6. The predicted octanol–water partition coefficient (Wildman–Crippen LogP) is 3.78. The summed E-state index contributed by atoms with van der Waals surface area (Å²) >= 11 is 1.74. The molecule has 0 aliphatic carbocycles. The van der Waals surface area contributed by atoms with Crippen molar-refractivity contribution in [1.29, 1.82) is 0 Å². The van der Waals surface area contributed by atoms with Gasteiger partial charge in [-0.3, -0.25) is 9.69 Å². The van der Waals surface area contributed by atoms with Crippen molar-refractivity contribution in [2.75, 3.05) is 26.0 Å². The van der Waals surface area contributed by atoms with Crippen LogP contribution in [0.2, 0.25) is 0 Å². The van der Waals surface area contributed by atoms with Gasteiger partial charge in [0.15, 0.2) is 0 Å². The van der Waals surface area contributed by atoms with E-state index >= 15 is 0 Å². The molecule has 2 rings (SSSR count). The maximum Gasteiger partial charge on any atom is 0.225 e. The van der Waals surface area contributed by atoms with Crippen LogP contribution in [-0.4, -0.2) is 31.5 Å². The zero-order valence-electron chi connectivity index (χ0n) is 13.2. The van der Waals surface area contributed by atoms with E-state index in [9.17, 15) is 4.79 Å². The minimum atomic E-state index is -0.00488. The molecule has 0 spiro atoms. The maximum absolute atomic E-state index is 12.1. The fourth-order valence-corrected chi connectivity index (χ4v) is 3.03. The summed E-state index contributed by atoms with van der Waals surface area (Å²) in [5.74, 6) is 0.672. The van der Waals surface area contributed by atoms with Gasteiger partial charge >= 0.3 is 0 Å². The molecule has 4 nitrogen and oxygen atoms in total. The number of nitrogens with one attached hydrogen (secondary N) is 1. The number of nitrogens with zero attached hydrogens (tertiary/aromatic N) is 1. The number of ether oxygens (including phenoxy) is 1. The average Bonchev–Trinajstić information content (AvgIpc) is 3.06. The Morgan fingerprint density at radius 2 is 2.09 bits per heavy atom. The van der Waals surface area contributed by atoms with Gasteiger partial charge in [-0.25, -0.2) is 0 Å². The lowest BCUT2D eigenvalue weighted by Gasteiger charge is -2.23. The second-order valence-corrected chi connectivity index (χ2v) is 6.15. The molecule has 1 N–H and O–H groups in total. The zero-order chi connectivity index (χ0) is 15.9. The summed E-state index contributed by atoms with van der Waals surface area (Å²) in [4.78, 5) is 15.6. The van der Waals surface area contributed by atoms with E-state index in [4.69, 9.17) is 4.74 Å². The molecule has 1 atom stereocenters. The fourth-order valence-electron chi connectivity index (χ4n) is 2.18. The molecule has 0 radical (unpaired) electrons. The van der Waals surface area contributed by atoms with Gasteiger partial charge in [0.25, 0.3) is 0 Å². The summed E-state index contributed by atoms with van der Waals surface area (Å²) in [5, 5.41) is 4.98. The Balaban J connectivity index is 1.85. The first kappa shape index (κ1) is 16.5. The van der Waals surface area contributed by atoms with Crippen LogP contribution in [0.15, 0.2) is 41.8 Å². The van der Waals surface area contributed by atoms with Crippen LogP contribution in [0.4, 0.5) is 5.69 Å². The van der Waals surface area contributed by atoms with Crippen molar-refractivity contribution in [2.45, 2.75) is 19.4 Å². The Bertz CT molecular complexity index is 598. The summed E-state index contributed by atoms with van der Waals surface area (Å²) < 4.78 is 5.24. The second-order valence-electron chi connectivity index (χ2n) is 5.17. The smallest absolute Gasteiger partial charge is 0.225 e. The molecular formula is C17H22N2O2S. The van der Waals surface area contributed by atoms with Crippen molar-refractivity contribution in [3.8, 4) is 5.75 Å². The van der Waals surface area contributed by atoms with Crippen LogP contribution >= 0.6 is 11.3 Å². The van der Waals surface area contributed by atoms with Gasteiger partial charge in [0.1, 0.15) is 5.75 Å². The third kappa shape index (κ3) is 4.32. The van der Waals surface area contributed by atoms with Crippen molar-refractivity contribution in [2.24, 2.45) is 0 Å². The molecule has 5 heteroatoms. The normalized spacial score (nSPS) is 12.2. The highest BCUT2D eigenvalue weighted by Crippen LogP contribution is 2.24. The number of carbonyl (C=O) groups excluding carboxylic acids is 1. The fraction of sp³-hybridized carbons (Fsp3) is 0.353. The number of hydrogen-bond donors (Lipinski definition) is 1. The summed E-state index contributed by atoms with van der Waals surface area (Å²) in [6, 6.07) is 11.9. The second kappa shape index (κ2) is 7.96. The Hall–Kier alpha value is -1.85. The minimum Gasteiger partial charge on any atom is -0.495 e. The third-order valence-electron chi connectivity index (χ3n) is 3.69. The van der Waals surface area contributed by atoms with Crippen LogP contribution in [0.1, 0.15) is 24.3 Å². The van der Waals surface area contributed by atoms with Gasteiger partial charge in [-0.05, 0) is 37.6 Å². The first-order valence-electron chi connectivity index (χ1n) is 7.28. The molecule has 118 valence electrons. The molecule has 1 amide bonds. The van der Waals surface area contributed by atoms with Crippen LogP contribution in [0.5, 0.6) is 5.75 Å². The molecule has 0 aliphatic rings. The van der Waals surface area contributed by atoms with E-state index in [1.54, 1.807) is 18.4 Å². The topological polar surface area (TPSA) is 41.6 Å². The van der Waals surface area contributed by atoms with E-state index in [-0.39, 0.29) is 5.91 Å². The summed E-state index contributed by atoms with van der Waals surface area (Å²) in [6.45, 7) is 2.87. The van der Waals surface area contributed by atoms with E-state index in [0.29, 0.717) is 30.4 Å². The Morgan fingerprint density at radius 1 is 1.32 bits per heavy atom. The highest BCUT2D eigenvalue weighted by molar-refractivity contribution is 7.10. The molecule has 0 saturated heterocycles. The molecule has 0 bridgehead atoms. The molecule has 22 heavy (non-hydrogen) atoms. The predicted molar refractivity (Wildman–Crippen MR) is 91.6 cm³/mol. The number of rotatable bonds is 7. The maximum atomic E-state index is 12.1. The van der Waals surface area contributed by atoms with Crippen LogP contribution < -0.4 is 10.1 Å². The van der Waals surface area contributed by atoms with Crippen LogP contribution in [0.25, 0.3) is 0 Å². The Morgan fingerprint density at radius 3 is 2.77 bits per heavy atom. The summed E-state index contributed by atoms with van der Waals surface area (Å²) in [7, 11) is 3.64. The van der Waals surface area contributed by atoms with Crippen molar-refractivity contribution in [1.82, 2.24) is 4.90 Å². The van der Waals surface area contributed by atoms with Gasteiger partial charge in [0.05, 0.1) is 12.8 Å². The van der Waals surface area contributed by atoms with Gasteiger partial charge in [0.2, 0.25) is 5.91 Å². The first-order valence-corrected chi connectivity index (χ1v) is 8.16. The SMILES string of the molecule is COc1ccccc1NC(=O)CCN(C)C(C)c1cccs1. The van der Waals surface area contributed by atoms with Gasteiger partial charge in [0, 0.05) is 23.9 Å². The highest BCUT2D eigenvalue weighted by atomic mass is 32.1. The molecule has 1 aromatic heterocycles. The molecule has 0 saturated carbocycles. The largest absolute Gasteiger partial charge is 0.495 e. The lowest BCUT2D eigenvalue weighted by atomic mass is 10.2. The monoisotopic (exact) mass is 318 g/mol. The van der Waals surface area contributed by atoms with Crippen LogP contribution in [0.3, 0.4) is 0 Å². The molecule has 0 fully saturated rings. The lowest BCUT2D eigenvalue weighted by molar-refractivity contribution is -0.116. The van der Waals surface area contributed by atoms with E-state index in [1.165, 1.54) is 4.88 Å². The molecule has 0 aliphatic heterocycles. The standard InChI is InChI=1S/C17H22N2O2S/c1-13(16-9-6-12-22-16)19(2)11-10-17(20)18-14-7-4-5-8-15(14)21-3/h4-9,12-13H,10-11H2,1-3H3,(H,18,20). The molecular weight excluding hydrogens is 296 g/mol. The Labute approximate surface area is 135 Å². The summed E-state index contributed by atoms with van der Waals surface area (Å²) in [5.41, 5.74) is 0.712. The molecule has 1 aromatic carbocycles. The van der Waals surface area contributed by atoms with Crippen molar-refractivity contribution in [3.05, 3.63) is 46.7 Å². The summed E-state index contributed by atoms with van der Waals surface area (Å²) in [6.07, 6.45) is 0.449. The van der Waals surface area contributed by atoms with Gasteiger partial charge in [-0.1, -0.05) is 18.2 Å². The number of carbonyl (C=O) groups is 1. The lowest BCUT2D eigenvalue weighted by Crippen LogP contribution is -2.26. The van der Waals surface area contributed by atoms with Gasteiger partial charge in [-0.15, -0.1) is 11.3 Å². The molecule has 1 heterocycles. The number of amides is 1. The minimum absolute atomic E-state index is 0.00488. The average molecular weight is 318 g/mol. The van der Waals surface area contributed by atoms with E-state index < -0.39 is 0 Å². The molecule has 1 unspecified atom stereocenters. The van der Waals surface area contributed by atoms with E-state index in [2.05, 4.69) is 34.7 Å². The number of benzene rings is 1. The number of hydrogen-bond acceptors (Lipinski definition) is 4. The number of thiophene rings is 1. The van der Waals surface area contributed by atoms with E-state index in [0.717, 1.165) is 0 Å². The van der Waals surface area contributed by atoms with Crippen molar-refractivity contribution < 1.29 is 9.53 Å². The van der Waals surface area contributed by atoms with Crippen LogP contribution in [0, 0.1) is 0 Å². The van der Waals surface area contributed by atoms with Gasteiger partial charge in [-0.2, -0.15) is 0 Å². The number of para-hydroxylation sites is 2. The van der Waals surface area contributed by atoms with E-state index in [1.807, 2.05) is 31.3 Å². The number of anilines is 1. The van der Waals surface area contributed by atoms with Crippen molar-refractivity contribution >= 4 is 22.9 Å².